The Balaban J connectivity index is 1.35. The number of hydrogen-bond acceptors (Lipinski definition) is 4. The number of aromatic nitrogens is 2. The van der Waals surface area contributed by atoms with E-state index in [4.69, 9.17) is 14.7 Å². The van der Waals surface area contributed by atoms with Crippen LogP contribution >= 0.6 is 0 Å². The Kier molecular flexibility index (Phi) is 4.26. The maximum absolute atomic E-state index is 12.9. The lowest BCUT2D eigenvalue weighted by atomic mass is 9.99. The van der Waals surface area contributed by atoms with Gasteiger partial charge in [0.15, 0.2) is 0 Å². The molecule has 6 aromatic carbocycles. The van der Waals surface area contributed by atoms with Crippen LogP contribution in [0, 0.1) is 0 Å². The first-order valence-corrected chi connectivity index (χ1v) is 11.5. The van der Waals surface area contributed by atoms with Gasteiger partial charge in [0.1, 0.15) is 5.75 Å². The van der Waals surface area contributed by atoms with Crippen molar-refractivity contribution < 1.29 is 9.53 Å². The first kappa shape index (κ1) is 19.6. The summed E-state index contributed by atoms with van der Waals surface area (Å²) < 4.78 is 5.72. The standard InChI is InChI=1S/C31H18N2O2/c34-31(21-14-13-19-7-1-2-8-20(19)17-21)35-22-15-16-27-28(18-22)33-30-26-12-6-4-10-24(26)23-9-3-5-11-25(23)29(30)32-27/h1-18H. The van der Waals surface area contributed by atoms with Crippen LogP contribution in [0.1, 0.15) is 10.4 Å². The molecule has 0 unspecified atom stereocenters. The van der Waals surface area contributed by atoms with Gasteiger partial charge in [-0.25, -0.2) is 14.8 Å². The number of ether oxygens (including phenoxy) is 1. The van der Waals surface area contributed by atoms with Gasteiger partial charge in [-0.3, -0.25) is 0 Å². The predicted molar refractivity (Wildman–Crippen MR) is 141 cm³/mol. The molecule has 35 heavy (non-hydrogen) atoms. The third-order valence-electron chi connectivity index (χ3n) is 6.49. The van der Waals surface area contributed by atoms with Crippen molar-refractivity contribution in [3.63, 3.8) is 0 Å². The molecule has 0 bridgehead atoms. The molecule has 0 N–H and O–H groups in total. The molecule has 0 spiro atoms. The summed E-state index contributed by atoms with van der Waals surface area (Å²) in [5.74, 6) is 0.0368. The number of fused-ring (bicyclic) bond motifs is 8. The molecule has 164 valence electrons. The zero-order valence-corrected chi connectivity index (χ0v) is 18.6. The fourth-order valence-corrected chi connectivity index (χ4v) is 4.80. The van der Waals surface area contributed by atoms with Crippen LogP contribution in [0.3, 0.4) is 0 Å². The fourth-order valence-electron chi connectivity index (χ4n) is 4.80. The highest BCUT2D eigenvalue weighted by molar-refractivity contribution is 6.23. The van der Waals surface area contributed by atoms with Gasteiger partial charge in [-0.15, -0.1) is 0 Å². The minimum absolute atomic E-state index is 0.403. The van der Waals surface area contributed by atoms with E-state index < -0.39 is 5.97 Å². The molecule has 4 heteroatoms. The van der Waals surface area contributed by atoms with E-state index in [0.29, 0.717) is 16.8 Å². The molecule has 0 saturated carbocycles. The van der Waals surface area contributed by atoms with Crippen LogP contribution in [0.5, 0.6) is 5.75 Å². The van der Waals surface area contributed by atoms with Crippen molar-refractivity contribution in [2.45, 2.75) is 0 Å². The molecule has 0 saturated heterocycles. The van der Waals surface area contributed by atoms with E-state index in [9.17, 15) is 4.79 Å². The van der Waals surface area contributed by atoms with Gasteiger partial charge in [0, 0.05) is 16.8 Å². The van der Waals surface area contributed by atoms with Crippen molar-refractivity contribution in [2.75, 3.05) is 0 Å². The topological polar surface area (TPSA) is 52.1 Å². The smallest absolute Gasteiger partial charge is 0.343 e. The maximum atomic E-state index is 12.9. The Morgan fingerprint density at radius 3 is 1.86 bits per heavy atom. The van der Waals surface area contributed by atoms with E-state index >= 15 is 0 Å². The second-order valence-electron chi connectivity index (χ2n) is 8.61. The highest BCUT2D eigenvalue weighted by Crippen LogP contribution is 2.34. The Morgan fingerprint density at radius 1 is 0.543 bits per heavy atom. The number of rotatable bonds is 2. The van der Waals surface area contributed by atoms with Gasteiger partial charge in [-0.05, 0) is 45.8 Å². The SMILES string of the molecule is O=C(Oc1ccc2nc3c4ccccc4c4ccccc4c3nc2c1)c1ccc2ccccc2c1. The quantitative estimate of drug-likeness (QED) is 0.119. The monoisotopic (exact) mass is 450 g/mol. The maximum Gasteiger partial charge on any atom is 0.343 e. The summed E-state index contributed by atoms with van der Waals surface area (Å²) in [4.78, 5) is 22.8. The molecule has 4 nitrogen and oxygen atoms in total. The normalized spacial score (nSPS) is 11.5. The third-order valence-corrected chi connectivity index (χ3v) is 6.49. The van der Waals surface area contributed by atoms with Gasteiger partial charge >= 0.3 is 5.97 Å². The summed E-state index contributed by atoms with van der Waals surface area (Å²) in [5.41, 5.74) is 3.65. The predicted octanol–water partition coefficient (Wildman–Crippen LogP) is 7.46. The minimum Gasteiger partial charge on any atom is -0.423 e. The Morgan fingerprint density at radius 2 is 1.14 bits per heavy atom. The zero-order chi connectivity index (χ0) is 23.4. The molecule has 0 radical (unpaired) electrons. The summed E-state index contributed by atoms with van der Waals surface area (Å²) in [6.45, 7) is 0. The van der Waals surface area contributed by atoms with Gasteiger partial charge in [0.05, 0.1) is 27.6 Å². The van der Waals surface area contributed by atoms with Crippen LogP contribution in [0.4, 0.5) is 0 Å². The van der Waals surface area contributed by atoms with Crippen molar-refractivity contribution >= 4 is 60.4 Å². The Labute approximate surface area is 200 Å². The summed E-state index contributed by atoms with van der Waals surface area (Å²) in [7, 11) is 0. The number of nitrogens with zero attached hydrogens (tertiary/aromatic N) is 2. The second-order valence-corrected chi connectivity index (χ2v) is 8.61. The first-order valence-electron chi connectivity index (χ1n) is 11.5. The minimum atomic E-state index is -0.403. The van der Waals surface area contributed by atoms with E-state index in [1.807, 2.05) is 66.7 Å². The van der Waals surface area contributed by atoms with Crippen LogP contribution in [-0.2, 0) is 0 Å². The first-order chi connectivity index (χ1) is 17.2. The van der Waals surface area contributed by atoms with Crippen molar-refractivity contribution in [2.24, 2.45) is 0 Å². The lowest BCUT2D eigenvalue weighted by molar-refractivity contribution is 0.0735. The molecule has 1 aromatic heterocycles. The number of hydrogen-bond donors (Lipinski definition) is 0. The summed E-state index contributed by atoms with van der Waals surface area (Å²) in [6, 6.07) is 35.4. The lowest BCUT2D eigenvalue weighted by Crippen LogP contribution is -2.08. The van der Waals surface area contributed by atoms with Crippen LogP contribution in [-0.4, -0.2) is 15.9 Å². The largest absolute Gasteiger partial charge is 0.423 e. The van der Waals surface area contributed by atoms with Crippen molar-refractivity contribution in [1.29, 1.82) is 0 Å². The number of esters is 1. The van der Waals surface area contributed by atoms with E-state index in [1.165, 1.54) is 0 Å². The fraction of sp³-hybridized carbons (Fsp3) is 0. The molecule has 0 amide bonds. The molecule has 0 aliphatic rings. The van der Waals surface area contributed by atoms with E-state index in [2.05, 4.69) is 24.3 Å². The molecule has 7 aromatic rings. The molecular formula is C31H18N2O2. The molecule has 0 fully saturated rings. The van der Waals surface area contributed by atoms with Crippen molar-refractivity contribution in [1.82, 2.24) is 9.97 Å². The van der Waals surface area contributed by atoms with Crippen LogP contribution in [0.25, 0.3) is 54.4 Å². The van der Waals surface area contributed by atoms with Crippen LogP contribution in [0.2, 0.25) is 0 Å². The number of carbonyl (C=O) groups excluding carboxylic acids is 1. The van der Waals surface area contributed by atoms with Gasteiger partial charge in [0.2, 0.25) is 0 Å². The Hall–Kier alpha value is -4.83. The van der Waals surface area contributed by atoms with Gasteiger partial charge in [-0.1, -0.05) is 78.9 Å². The van der Waals surface area contributed by atoms with Gasteiger partial charge in [0.25, 0.3) is 0 Å². The molecular weight excluding hydrogens is 432 g/mol. The van der Waals surface area contributed by atoms with Gasteiger partial charge in [-0.2, -0.15) is 0 Å². The number of benzene rings is 6. The van der Waals surface area contributed by atoms with Gasteiger partial charge < -0.3 is 4.74 Å². The molecule has 7 rings (SSSR count). The highest BCUT2D eigenvalue weighted by Gasteiger charge is 2.14. The number of carbonyl (C=O) groups is 1. The van der Waals surface area contributed by atoms with E-state index in [1.54, 1.807) is 18.2 Å². The lowest BCUT2D eigenvalue weighted by Gasteiger charge is -2.11. The van der Waals surface area contributed by atoms with E-state index in [-0.39, 0.29) is 0 Å². The van der Waals surface area contributed by atoms with E-state index in [0.717, 1.165) is 48.9 Å². The molecule has 0 aliphatic carbocycles. The second kappa shape index (κ2) is 7.61. The Bertz CT molecular complexity index is 1960. The summed E-state index contributed by atoms with van der Waals surface area (Å²) in [6.07, 6.45) is 0. The third kappa shape index (κ3) is 3.19. The van der Waals surface area contributed by atoms with Crippen molar-refractivity contribution in [3.05, 3.63) is 115 Å². The average molecular weight is 450 g/mol. The summed E-state index contributed by atoms with van der Waals surface area (Å²) >= 11 is 0. The highest BCUT2D eigenvalue weighted by atomic mass is 16.5. The van der Waals surface area contributed by atoms with Crippen molar-refractivity contribution in [3.8, 4) is 5.75 Å². The van der Waals surface area contributed by atoms with Crippen LogP contribution in [0.15, 0.2) is 109 Å². The molecule has 1 heterocycles. The summed E-state index contributed by atoms with van der Waals surface area (Å²) in [5, 5.41) is 6.50. The zero-order valence-electron chi connectivity index (χ0n) is 18.6. The average Bonchev–Trinajstić information content (AvgIpc) is 2.92. The van der Waals surface area contributed by atoms with Crippen LogP contribution < -0.4 is 4.74 Å². The molecule has 0 atom stereocenters. The molecule has 0 aliphatic heterocycles.